The van der Waals surface area contributed by atoms with Gasteiger partial charge in [0.05, 0.1) is 52.6 Å². The Morgan fingerprint density at radius 3 is 2.51 bits per heavy atom. The van der Waals surface area contributed by atoms with Crippen molar-refractivity contribution in [3.8, 4) is 0 Å². The number of aryl methyl sites for hydroxylation is 1. The van der Waals surface area contributed by atoms with Crippen LogP contribution in [0.25, 0.3) is 6.08 Å². The molecule has 4 aliphatic rings. The fourth-order valence-corrected chi connectivity index (χ4v) is 6.92. The molecule has 0 aromatic carbocycles. The van der Waals surface area contributed by atoms with Crippen molar-refractivity contribution < 1.29 is 34.0 Å². The molecule has 0 amide bonds. The number of epoxide rings is 2. The molecule has 5 rings (SSSR count). The van der Waals surface area contributed by atoms with Crippen molar-refractivity contribution >= 4 is 29.2 Å². The maximum absolute atomic E-state index is 13.6. The number of esters is 1. The normalized spacial score (nSPS) is 42.4. The van der Waals surface area contributed by atoms with Crippen LogP contribution in [-0.2, 0) is 23.8 Å². The number of fused-ring (bicyclic) bond motifs is 2. The number of carbonyl (C=O) groups is 2. The maximum atomic E-state index is 13.6. The summed E-state index contributed by atoms with van der Waals surface area (Å²) in [6, 6.07) is 0. The predicted octanol–water partition coefficient (Wildman–Crippen LogP) is 3.75. The van der Waals surface area contributed by atoms with Gasteiger partial charge in [0, 0.05) is 17.7 Å². The van der Waals surface area contributed by atoms with Crippen LogP contribution in [0.3, 0.4) is 0 Å². The van der Waals surface area contributed by atoms with Gasteiger partial charge in [0.25, 0.3) is 0 Å². The summed E-state index contributed by atoms with van der Waals surface area (Å²) in [6.45, 7) is 9.48. The third kappa shape index (κ3) is 4.93. The molecule has 37 heavy (non-hydrogen) atoms. The van der Waals surface area contributed by atoms with Crippen molar-refractivity contribution in [2.24, 2.45) is 11.3 Å². The second-order valence-electron chi connectivity index (χ2n) is 12.0. The van der Waals surface area contributed by atoms with Gasteiger partial charge in [0.2, 0.25) is 0 Å². The molecule has 2 N–H and O–H groups in total. The zero-order chi connectivity index (χ0) is 26.8. The highest BCUT2D eigenvalue weighted by molar-refractivity contribution is 7.09. The fraction of sp³-hybridized carbons (Fsp3) is 0.750. The van der Waals surface area contributed by atoms with Crippen LogP contribution < -0.4 is 0 Å². The van der Waals surface area contributed by atoms with Crippen LogP contribution in [0.5, 0.6) is 0 Å². The van der Waals surface area contributed by atoms with Crippen LogP contribution in [0.15, 0.2) is 11.0 Å². The Morgan fingerprint density at radius 1 is 1.16 bits per heavy atom. The Balaban J connectivity index is 1.41. The molecule has 8 nitrogen and oxygen atoms in total. The quantitative estimate of drug-likeness (QED) is 0.435. The zero-order valence-corrected chi connectivity index (χ0v) is 23.2. The van der Waals surface area contributed by atoms with E-state index < -0.39 is 41.2 Å². The Labute approximate surface area is 222 Å². The van der Waals surface area contributed by atoms with E-state index in [2.05, 4.69) is 11.9 Å². The van der Waals surface area contributed by atoms with Gasteiger partial charge in [-0.05, 0) is 65.0 Å². The molecule has 1 spiro atoms. The number of carbonyl (C=O) groups excluding carboxylic acids is 2. The molecule has 1 aromatic heterocycles. The monoisotopic (exact) mass is 533 g/mol. The van der Waals surface area contributed by atoms with Gasteiger partial charge >= 0.3 is 5.97 Å². The summed E-state index contributed by atoms with van der Waals surface area (Å²) in [5.41, 5.74) is -0.521. The number of cyclic esters (lactones) is 1. The Bertz CT molecular complexity index is 1100. The third-order valence-corrected chi connectivity index (χ3v) is 10.1. The van der Waals surface area contributed by atoms with Crippen LogP contribution in [0, 0.1) is 18.3 Å². The molecule has 0 bridgehead atoms. The van der Waals surface area contributed by atoms with Crippen LogP contribution in [0.1, 0.15) is 83.3 Å². The van der Waals surface area contributed by atoms with E-state index in [4.69, 9.17) is 14.2 Å². The van der Waals surface area contributed by atoms with Crippen LogP contribution in [-0.4, -0.2) is 68.7 Å². The summed E-state index contributed by atoms with van der Waals surface area (Å²) in [4.78, 5) is 31.2. The highest BCUT2D eigenvalue weighted by atomic mass is 32.1. The predicted molar refractivity (Wildman–Crippen MR) is 138 cm³/mol. The number of ether oxygens (including phenoxy) is 3. The number of nitrogens with zero attached hydrogens (tertiary/aromatic N) is 1. The lowest BCUT2D eigenvalue weighted by atomic mass is 9.58. The highest BCUT2D eigenvalue weighted by Crippen LogP contribution is 2.53. The van der Waals surface area contributed by atoms with Crippen molar-refractivity contribution in [1.82, 2.24) is 4.98 Å². The minimum Gasteiger partial charge on any atom is -0.458 e. The Hall–Kier alpha value is -1.65. The third-order valence-electron chi connectivity index (χ3n) is 9.35. The zero-order valence-electron chi connectivity index (χ0n) is 22.4. The molecule has 9 heteroatoms. The second-order valence-corrected chi connectivity index (χ2v) is 13.0. The molecule has 2 unspecified atom stereocenters. The minimum atomic E-state index is -1.17. The molecule has 1 saturated carbocycles. The van der Waals surface area contributed by atoms with E-state index in [1.54, 1.807) is 18.3 Å². The van der Waals surface area contributed by atoms with Gasteiger partial charge < -0.3 is 24.4 Å². The first-order valence-electron chi connectivity index (χ1n) is 13.4. The van der Waals surface area contributed by atoms with E-state index in [9.17, 15) is 19.8 Å². The molecule has 0 radical (unpaired) electrons. The smallest absolute Gasteiger partial charge is 0.309 e. The summed E-state index contributed by atoms with van der Waals surface area (Å²) in [5.74, 6) is -1.45. The number of aliphatic hydroxyl groups excluding tert-OH is 2. The summed E-state index contributed by atoms with van der Waals surface area (Å²) >= 11 is 1.56. The number of aliphatic hydroxyl groups is 2. The number of ketones is 1. The average Bonchev–Trinajstić information content (AvgIpc) is 3.60. The first-order valence-corrected chi connectivity index (χ1v) is 14.3. The molecule has 4 heterocycles. The molecule has 4 fully saturated rings. The minimum absolute atomic E-state index is 0.0861. The van der Waals surface area contributed by atoms with E-state index in [-0.39, 0.29) is 30.0 Å². The second kappa shape index (κ2) is 9.52. The standard InChI is InChI=1S/C28H39NO7S/c1-15(11-18-14-37-17(3)29-18)19-12-22-26(4,35-22)10-7-21-27(5,36-21)24(32)16(2)25(33)28(8-6-9-28)20(30)13-23(31)34-19/h11,14,16,19-22,24,30,32H,6-10,12-13H2,1-5H3/t16-,19+,20+,21?,22+,24-,26-,27?/m1/s1. The highest BCUT2D eigenvalue weighted by Gasteiger charge is 2.63. The molecular formula is C28H39NO7S. The van der Waals surface area contributed by atoms with Crippen molar-refractivity contribution in [2.75, 3.05) is 0 Å². The van der Waals surface area contributed by atoms with E-state index in [0.717, 1.165) is 29.1 Å². The van der Waals surface area contributed by atoms with Crippen LogP contribution in [0.4, 0.5) is 0 Å². The van der Waals surface area contributed by atoms with E-state index in [1.807, 2.05) is 32.2 Å². The molecule has 1 aromatic rings. The first kappa shape index (κ1) is 26.9. The lowest BCUT2D eigenvalue weighted by Gasteiger charge is -2.46. The number of rotatable bonds is 2. The van der Waals surface area contributed by atoms with Crippen LogP contribution in [0.2, 0.25) is 0 Å². The number of hydrogen-bond acceptors (Lipinski definition) is 9. The van der Waals surface area contributed by atoms with Gasteiger partial charge in [-0.1, -0.05) is 13.3 Å². The Morgan fingerprint density at radius 2 is 1.89 bits per heavy atom. The molecule has 204 valence electrons. The average molecular weight is 534 g/mol. The van der Waals surface area contributed by atoms with Crippen molar-refractivity contribution in [1.29, 1.82) is 0 Å². The van der Waals surface area contributed by atoms with E-state index >= 15 is 0 Å². The number of aromatic nitrogens is 1. The van der Waals surface area contributed by atoms with Gasteiger partial charge in [0.1, 0.15) is 17.5 Å². The summed E-state index contributed by atoms with van der Waals surface area (Å²) in [6.07, 6.45) is 2.47. The van der Waals surface area contributed by atoms with Crippen molar-refractivity contribution in [3.63, 3.8) is 0 Å². The molecular weight excluding hydrogens is 494 g/mol. The summed E-state index contributed by atoms with van der Waals surface area (Å²) in [7, 11) is 0. The Kier molecular flexibility index (Phi) is 6.93. The SMILES string of the molecule is CC(=Cc1csc(C)n1)[C@@H]1C[C@@H]2O[C@]2(C)CCC2OC2(C)[C@H](O)[C@@H](C)C(=O)C2(CCC2)[C@@H](O)CC(=O)O1. The number of thiazole rings is 1. The fourth-order valence-electron chi connectivity index (χ4n) is 6.35. The summed E-state index contributed by atoms with van der Waals surface area (Å²) < 4.78 is 18.0. The lowest BCUT2D eigenvalue weighted by molar-refractivity contribution is -0.161. The largest absolute Gasteiger partial charge is 0.458 e. The molecule has 1 aliphatic carbocycles. The van der Waals surface area contributed by atoms with Gasteiger partial charge in [-0.15, -0.1) is 11.3 Å². The van der Waals surface area contributed by atoms with Gasteiger partial charge in [-0.2, -0.15) is 0 Å². The molecule has 8 atom stereocenters. The number of Topliss-reactive ketones (excluding diaryl/α,β-unsaturated/α-hetero) is 1. The number of hydrogen-bond donors (Lipinski definition) is 2. The van der Waals surface area contributed by atoms with Gasteiger partial charge in [-0.25, -0.2) is 4.98 Å². The molecule has 3 saturated heterocycles. The first-order chi connectivity index (χ1) is 17.4. The van der Waals surface area contributed by atoms with E-state index in [0.29, 0.717) is 25.7 Å². The van der Waals surface area contributed by atoms with Gasteiger partial charge in [-0.3, -0.25) is 9.59 Å². The summed E-state index contributed by atoms with van der Waals surface area (Å²) in [5, 5.41) is 25.2. The van der Waals surface area contributed by atoms with E-state index in [1.165, 1.54) is 0 Å². The molecule has 3 aliphatic heterocycles. The van der Waals surface area contributed by atoms with Crippen molar-refractivity contribution in [2.45, 2.75) is 121 Å². The topological polar surface area (TPSA) is 122 Å². The van der Waals surface area contributed by atoms with Gasteiger partial charge in [0.15, 0.2) is 0 Å². The van der Waals surface area contributed by atoms with Crippen molar-refractivity contribution in [3.05, 3.63) is 21.7 Å². The van der Waals surface area contributed by atoms with Crippen LogP contribution >= 0.6 is 11.3 Å². The lowest BCUT2D eigenvalue weighted by Crippen LogP contribution is -2.54. The maximum Gasteiger partial charge on any atom is 0.309 e.